The fraction of sp³-hybridized carbons (Fsp3) is 0.579. The van der Waals surface area contributed by atoms with Crippen LogP contribution in [-0.2, 0) is 9.53 Å². The standard InChI is InChI=1S/C19H29N3O3S/c1-3-7-13(2)12-16(17(23)21-15-10-11-25-18(15)24)22-19(26)20-14-8-5-4-6-9-14/h4-6,8-9,13,15-16,18,24H,3,7,10-12H2,1-2H3,(H,21,23)(H2,20,22,26)/t13?,15-,16-,18?/m0/s1. The smallest absolute Gasteiger partial charge is 0.242 e. The molecule has 0 aliphatic carbocycles. The fourth-order valence-corrected chi connectivity index (χ4v) is 3.35. The van der Waals surface area contributed by atoms with Gasteiger partial charge in [-0.2, -0.15) is 0 Å². The van der Waals surface area contributed by atoms with E-state index in [9.17, 15) is 9.90 Å². The van der Waals surface area contributed by atoms with Gasteiger partial charge in [0.1, 0.15) is 6.04 Å². The monoisotopic (exact) mass is 379 g/mol. The highest BCUT2D eigenvalue weighted by molar-refractivity contribution is 7.80. The van der Waals surface area contributed by atoms with Crippen molar-refractivity contribution in [3.8, 4) is 0 Å². The van der Waals surface area contributed by atoms with Crippen molar-refractivity contribution >= 4 is 28.9 Å². The zero-order valence-corrected chi connectivity index (χ0v) is 16.2. The molecule has 6 nitrogen and oxygen atoms in total. The van der Waals surface area contributed by atoms with Gasteiger partial charge in [0.05, 0.1) is 12.6 Å². The van der Waals surface area contributed by atoms with Crippen LogP contribution in [0, 0.1) is 5.92 Å². The summed E-state index contributed by atoms with van der Waals surface area (Å²) in [5, 5.41) is 19.3. The summed E-state index contributed by atoms with van der Waals surface area (Å²) in [5.41, 5.74) is 0.866. The number of carbonyl (C=O) groups excluding carboxylic acids is 1. The number of anilines is 1. The van der Waals surface area contributed by atoms with E-state index in [0.29, 0.717) is 30.5 Å². The molecule has 2 rings (SSSR count). The van der Waals surface area contributed by atoms with Crippen LogP contribution in [0.4, 0.5) is 5.69 Å². The van der Waals surface area contributed by atoms with Gasteiger partial charge in [0.15, 0.2) is 11.4 Å². The third-order valence-electron chi connectivity index (χ3n) is 4.46. The molecule has 1 aliphatic heterocycles. The largest absolute Gasteiger partial charge is 0.366 e. The molecule has 4 atom stereocenters. The summed E-state index contributed by atoms with van der Waals surface area (Å²) in [5.74, 6) is 0.215. The van der Waals surface area contributed by atoms with Crippen LogP contribution in [0.1, 0.15) is 39.5 Å². The van der Waals surface area contributed by atoms with Gasteiger partial charge in [0, 0.05) is 5.69 Å². The van der Waals surface area contributed by atoms with Crippen molar-refractivity contribution in [3.63, 3.8) is 0 Å². The number of carbonyl (C=O) groups is 1. The highest BCUT2D eigenvalue weighted by Gasteiger charge is 2.30. The first-order valence-electron chi connectivity index (χ1n) is 9.22. The molecular weight excluding hydrogens is 350 g/mol. The van der Waals surface area contributed by atoms with Gasteiger partial charge in [-0.05, 0) is 43.1 Å². The highest BCUT2D eigenvalue weighted by Crippen LogP contribution is 2.15. The van der Waals surface area contributed by atoms with E-state index in [0.717, 1.165) is 18.5 Å². The molecule has 0 bridgehead atoms. The molecule has 26 heavy (non-hydrogen) atoms. The van der Waals surface area contributed by atoms with Crippen LogP contribution < -0.4 is 16.0 Å². The Morgan fingerprint density at radius 1 is 1.38 bits per heavy atom. The van der Waals surface area contributed by atoms with Crippen LogP contribution in [0.2, 0.25) is 0 Å². The van der Waals surface area contributed by atoms with Gasteiger partial charge >= 0.3 is 0 Å². The second kappa shape index (κ2) is 10.4. The Morgan fingerprint density at radius 3 is 2.73 bits per heavy atom. The van der Waals surface area contributed by atoms with Gasteiger partial charge in [-0.15, -0.1) is 0 Å². The predicted octanol–water partition coefficient (Wildman–Crippen LogP) is 2.39. The molecule has 1 aromatic rings. The minimum absolute atomic E-state index is 0.167. The number of hydrogen-bond acceptors (Lipinski definition) is 4. The quantitative estimate of drug-likeness (QED) is 0.519. The Bertz CT molecular complexity index is 585. The lowest BCUT2D eigenvalue weighted by atomic mass is 9.96. The maximum absolute atomic E-state index is 12.7. The molecular formula is C19H29N3O3S. The van der Waals surface area contributed by atoms with E-state index < -0.39 is 12.3 Å². The summed E-state index contributed by atoms with van der Waals surface area (Å²) in [6, 6.07) is 8.75. The Kier molecular flexibility index (Phi) is 8.28. The zero-order valence-electron chi connectivity index (χ0n) is 15.4. The Balaban J connectivity index is 1.97. The molecule has 0 radical (unpaired) electrons. The van der Waals surface area contributed by atoms with E-state index in [2.05, 4.69) is 29.8 Å². The van der Waals surface area contributed by atoms with Gasteiger partial charge in [-0.25, -0.2) is 0 Å². The highest BCUT2D eigenvalue weighted by atomic mass is 32.1. The van der Waals surface area contributed by atoms with Crippen molar-refractivity contribution in [1.29, 1.82) is 0 Å². The number of para-hydroxylation sites is 1. The molecule has 1 aliphatic rings. The summed E-state index contributed by atoms with van der Waals surface area (Å²) < 4.78 is 5.11. The summed E-state index contributed by atoms with van der Waals surface area (Å²) in [7, 11) is 0. The van der Waals surface area contributed by atoms with E-state index in [1.165, 1.54) is 0 Å². The summed E-state index contributed by atoms with van der Waals surface area (Å²) in [6.07, 6.45) is 2.44. The van der Waals surface area contributed by atoms with Gasteiger partial charge in [0.2, 0.25) is 5.91 Å². The molecule has 0 aromatic heterocycles. The van der Waals surface area contributed by atoms with Crippen molar-refractivity contribution in [1.82, 2.24) is 10.6 Å². The molecule has 1 fully saturated rings. The number of rotatable bonds is 8. The normalized spacial score (nSPS) is 21.7. The van der Waals surface area contributed by atoms with E-state index >= 15 is 0 Å². The van der Waals surface area contributed by atoms with E-state index in [4.69, 9.17) is 17.0 Å². The van der Waals surface area contributed by atoms with Gasteiger partial charge in [-0.3, -0.25) is 4.79 Å². The molecule has 1 amide bonds. The second-order valence-corrected chi connectivity index (χ2v) is 7.22. The molecule has 1 heterocycles. The SMILES string of the molecule is CCCC(C)C[C@H](NC(=S)Nc1ccccc1)C(=O)N[C@H]1CCOC1O. The summed E-state index contributed by atoms with van der Waals surface area (Å²) in [4.78, 5) is 12.7. The number of aliphatic hydroxyl groups excluding tert-OH is 1. The number of nitrogens with one attached hydrogen (secondary N) is 3. The fourth-order valence-electron chi connectivity index (χ4n) is 3.09. The molecule has 144 valence electrons. The molecule has 0 spiro atoms. The average Bonchev–Trinajstić information content (AvgIpc) is 3.00. The lowest BCUT2D eigenvalue weighted by Crippen LogP contribution is -2.52. The minimum atomic E-state index is -0.943. The number of amides is 1. The van der Waals surface area contributed by atoms with Gasteiger partial charge < -0.3 is 25.8 Å². The number of benzene rings is 1. The average molecular weight is 380 g/mol. The first kappa shape index (κ1) is 20.6. The predicted molar refractivity (Wildman–Crippen MR) is 107 cm³/mol. The second-order valence-electron chi connectivity index (χ2n) is 6.81. The van der Waals surface area contributed by atoms with Crippen molar-refractivity contribution in [3.05, 3.63) is 30.3 Å². The first-order valence-corrected chi connectivity index (χ1v) is 9.63. The van der Waals surface area contributed by atoms with Crippen LogP contribution in [-0.4, -0.2) is 41.1 Å². The van der Waals surface area contributed by atoms with Crippen molar-refractivity contribution < 1.29 is 14.6 Å². The maximum Gasteiger partial charge on any atom is 0.242 e. The van der Waals surface area contributed by atoms with E-state index in [-0.39, 0.29) is 11.9 Å². The summed E-state index contributed by atoms with van der Waals surface area (Å²) >= 11 is 5.38. The number of hydrogen-bond donors (Lipinski definition) is 4. The molecule has 4 N–H and O–H groups in total. The zero-order chi connectivity index (χ0) is 18.9. The number of aliphatic hydroxyl groups is 1. The topological polar surface area (TPSA) is 82.6 Å². The van der Waals surface area contributed by atoms with E-state index in [1.54, 1.807) is 0 Å². The van der Waals surface area contributed by atoms with Crippen molar-refractivity contribution in [2.45, 2.75) is 57.9 Å². The third kappa shape index (κ3) is 6.55. The Hall–Kier alpha value is -1.70. The Morgan fingerprint density at radius 2 is 2.12 bits per heavy atom. The summed E-state index contributed by atoms with van der Waals surface area (Å²) in [6.45, 7) is 4.71. The van der Waals surface area contributed by atoms with Crippen LogP contribution in [0.3, 0.4) is 0 Å². The molecule has 2 unspecified atom stereocenters. The van der Waals surface area contributed by atoms with Crippen molar-refractivity contribution in [2.24, 2.45) is 5.92 Å². The molecule has 1 aromatic carbocycles. The van der Waals surface area contributed by atoms with Crippen LogP contribution in [0.25, 0.3) is 0 Å². The molecule has 7 heteroatoms. The molecule has 0 saturated carbocycles. The van der Waals surface area contributed by atoms with Crippen LogP contribution in [0.5, 0.6) is 0 Å². The van der Waals surface area contributed by atoms with Gasteiger partial charge in [0.25, 0.3) is 0 Å². The third-order valence-corrected chi connectivity index (χ3v) is 4.68. The van der Waals surface area contributed by atoms with E-state index in [1.807, 2.05) is 30.3 Å². The first-order chi connectivity index (χ1) is 12.5. The minimum Gasteiger partial charge on any atom is -0.366 e. The number of thiocarbonyl (C=S) groups is 1. The molecule has 1 saturated heterocycles. The Labute approximate surface area is 160 Å². The lowest BCUT2D eigenvalue weighted by Gasteiger charge is -2.25. The van der Waals surface area contributed by atoms with Gasteiger partial charge in [-0.1, -0.05) is 44.9 Å². The number of ether oxygens (including phenoxy) is 1. The lowest BCUT2D eigenvalue weighted by molar-refractivity contribution is -0.127. The van der Waals surface area contributed by atoms with Crippen molar-refractivity contribution in [2.75, 3.05) is 11.9 Å². The van der Waals surface area contributed by atoms with Crippen LogP contribution in [0.15, 0.2) is 30.3 Å². The van der Waals surface area contributed by atoms with Crippen LogP contribution >= 0.6 is 12.2 Å². The maximum atomic E-state index is 12.7.